The van der Waals surface area contributed by atoms with Gasteiger partial charge >= 0.3 is 6.03 Å². The van der Waals surface area contributed by atoms with Gasteiger partial charge in [0.1, 0.15) is 18.2 Å². The van der Waals surface area contributed by atoms with Crippen molar-refractivity contribution in [2.45, 2.75) is 18.9 Å². The maximum Gasteiger partial charge on any atom is 0.325 e. The van der Waals surface area contributed by atoms with E-state index in [1.165, 1.54) is 0 Å². The van der Waals surface area contributed by atoms with Crippen LogP contribution in [0.15, 0.2) is 73.1 Å². The van der Waals surface area contributed by atoms with Crippen LogP contribution < -0.4 is 20.3 Å². The van der Waals surface area contributed by atoms with E-state index < -0.39 is 0 Å². The molecule has 226 valence electrons. The zero-order valence-electron chi connectivity index (χ0n) is 24.5. The summed E-state index contributed by atoms with van der Waals surface area (Å²) in [5.41, 5.74) is 3.04. The van der Waals surface area contributed by atoms with Crippen LogP contribution in [0.5, 0.6) is 5.75 Å². The lowest BCUT2D eigenvalue weighted by Crippen LogP contribution is -2.38. The molecule has 1 aliphatic heterocycles. The SMILES string of the molecule is CNC(=O)n1ccc2cc(N(CCOC)c3ccnc(NC(=O)c4ccc(OCCN5CCC(O)CC5)cc4)c3)ccc21. The molecule has 2 aromatic carbocycles. The first kappa shape index (κ1) is 30.0. The van der Waals surface area contributed by atoms with Crippen LogP contribution in [0.3, 0.4) is 0 Å². The number of likely N-dealkylation sites (tertiary alicyclic amines) is 1. The number of ether oxygens (including phenoxy) is 2. The fourth-order valence-corrected chi connectivity index (χ4v) is 5.17. The van der Waals surface area contributed by atoms with Gasteiger partial charge in [0, 0.05) is 81.1 Å². The number of rotatable bonds is 11. The average Bonchev–Trinajstić information content (AvgIpc) is 3.46. The van der Waals surface area contributed by atoms with E-state index in [-0.39, 0.29) is 18.0 Å². The minimum absolute atomic E-state index is 0.186. The second-order valence-electron chi connectivity index (χ2n) is 10.4. The number of carbonyl (C=O) groups excluding carboxylic acids is 2. The summed E-state index contributed by atoms with van der Waals surface area (Å²) < 4.78 is 12.8. The number of fused-ring (bicyclic) bond motifs is 1. The number of aliphatic hydroxyl groups excluding tert-OH is 1. The van der Waals surface area contributed by atoms with E-state index in [0.29, 0.717) is 36.9 Å². The van der Waals surface area contributed by atoms with Gasteiger partial charge in [-0.15, -0.1) is 0 Å². The molecule has 4 aromatic rings. The Morgan fingerprint density at radius 2 is 1.79 bits per heavy atom. The Balaban J connectivity index is 1.24. The third-order valence-electron chi connectivity index (χ3n) is 7.58. The van der Waals surface area contributed by atoms with Gasteiger partial charge in [0.25, 0.3) is 5.91 Å². The summed E-state index contributed by atoms with van der Waals surface area (Å²) in [6.07, 6.45) is 4.82. The Morgan fingerprint density at radius 3 is 2.53 bits per heavy atom. The first-order valence-corrected chi connectivity index (χ1v) is 14.5. The Bertz CT molecular complexity index is 1530. The van der Waals surface area contributed by atoms with E-state index >= 15 is 0 Å². The van der Waals surface area contributed by atoms with Crippen molar-refractivity contribution < 1.29 is 24.2 Å². The van der Waals surface area contributed by atoms with Gasteiger partial charge in [-0.3, -0.25) is 14.3 Å². The maximum atomic E-state index is 13.0. The van der Waals surface area contributed by atoms with Crippen molar-refractivity contribution in [2.75, 3.05) is 63.8 Å². The van der Waals surface area contributed by atoms with Crippen molar-refractivity contribution >= 4 is 40.0 Å². The molecule has 0 bridgehead atoms. The lowest BCUT2D eigenvalue weighted by Gasteiger charge is -2.29. The smallest absolute Gasteiger partial charge is 0.325 e. The van der Waals surface area contributed by atoms with Gasteiger partial charge in [-0.05, 0) is 67.4 Å². The van der Waals surface area contributed by atoms with Crippen molar-refractivity contribution in [2.24, 2.45) is 0 Å². The van der Waals surface area contributed by atoms with Crippen molar-refractivity contribution in [3.05, 3.63) is 78.6 Å². The number of carbonyl (C=O) groups is 2. The fourth-order valence-electron chi connectivity index (χ4n) is 5.17. The Kier molecular flexibility index (Phi) is 9.88. The van der Waals surface area contributed by atoms with E-state index in [1.54, 1.807) is 55.4 Å². The topological polar surface area (TPSA) is 121 Å². The largest absolute Gasteiger partial charge is 0.492 e. The molecule has 2 amide bonds. The predicted octanol–water partition coefficient (Wildman–Crippen LogP) is 4.10. The molecule has 11 nitrogen and oxygen atoms in total. The lowest BCUT2D eigenvalue weighted by atomic mass is 10.1. The number of anilines is 3. The molecule has 3 N–H and O–H groups in total. The highest BCUT2D eigenvalue weighted by molar-refractivity contribution is 6.04. The molecule has 0 saturated carbocycles. The van der Waals surface area contributed by atoms with Gasteiger partial charge in [0.2, 0.25) is 0 Å². The van der Waals surface area contributed by atoms with E-state index in [9.17, 15) is 14.7 Å². The molecule has 1 aliphatic rings. The van der Waals surface area contributed by atoms with Crippen molar-refractivity contribution in [3.8, 4) is 5.75 Å². The molecule has 0 radical (unpaired) electrons. The molecule has 3 heterocycles. The number of nitrogens with zero attached hydrogens (tertiary/aromatic N) is 4. The van der Waals surface area contributed by atoms with Gasteiger partial charge in [-0.25, -0.2) is 9.78 Å². The van der Waals surface area contributed by atoms with Crippen LogP contribution in [0.4, 0.5) is 22.0 Å². The van der Waals surface area contributed by atoms with Crippen LogP contribution in [0.2, 0.25) is 0 Å². The summed E-state index contributed by atoms with van der Waals surface area (Å²) in [7, 11) is 3.25. The van der Waals surface area contributed by atoms with Crippen molar-refractivity contribution in [1.82, 2.24) is 19.8 Å². The molecule has 1 fully saturated rings. The van der Waals surface area contributed by atoms with Gasteiger partial charge < -0.3 is 30.1 Å². The number of aromatic nitrogens is 2. The number of amides is 2. The maximum absolute atomic E-state index is 13.0. The highest BCUT2D eigenvalue weighted by atomic mass is 16.5. The van der Waals surface area contributed by atoms with Crippen LogP contribution in [-0.2, 0) is 4.74 Å². The minimum Gasteiger partial charge on any atom is -0.492 e. The molecule has 43 heavy (non-hydrogen) atoms. The van der Waals surface area contributed by atoms with Crippen LogP contribution >= 0.6 is 0 Å². The van der Waals surface area contributed by atoms with E-state index in [2.05, 4.69) is 25.4 Å². The van der Waals surface area contributed by atoms with Gasteiger partial charge in [0.15, 0.2) is 0 Å². The van der Waals surface area contributed by atoms with Crippen LogP contribution in [0.25, 0.3) is 10.9 Å². The van der Waals surface area contributed by atoms with E-state index in [0.717, 1.165) is 54.8 Å². The molecule has 11 heteroatoms. The van der Waals surface area contributed by atoms with Crippen LogP contribution in [0.1, 0.15) is 23.2 Å². The Morgan fingerprint density at radius 1 is 1.02 bits per heavy atom. The predicted molar refractivity (Wildman–Crippen MR) is 166 cm³/mol. The molecule has 0 atom stereocenters. The first-order chi connectivity index (χ1) is 20.9. The Labute approximate surface area is 251 Å². The molecule has 5 rings (SSSR count). The van der Waals surface area contributed by atoms with E-state index in [4.69, 9.17) is 9.47 Å². The van der Waals surface area contributed by atoms with Crippen LogP contribution in [0, 0.1) is 0 Å². The summed E-state index contributed by atoms with van der Waals surface area (Å²) in [4.78, 5) is 34.0. The van der Waals surface area contributed by atoms with Crippen molar-refractivity contribution in [1.29, 1.82) is 0 Å². The van der Waals surface area contributed by atoms with Crippen molar-refractivity contribution in [3.63, 3.8) is 0 Å². The number of hydrogen-bond donors (Lipinski definition) is 3. The van der Waals surface area contributed by atoms with Gasteiger partial charge in [-0.2, -0.15) is 0 Å². The average molecular weight is 587 g/mol. The number of nitrogens with one attached hydrogen (secondary N) is 2. The summed E-state index contributed by atoms with van der Waals surface area (Å²) in [6, 6.07) is 18.3. The standard InChI is InChI=1S/C32H38N6O5/c1-33-32(41)38-16-10-24-21-25(5-8-29(24)38)37(18-19-42-2)26-9-13-34-30(22-26)35-31(40)23-3-6-28(7-4-23)43-20-17-36-14-11-27(39)12-15-36/h3-10,13,16,21-22,27,39H,11-12,14-15,17-20H2,1-2H3,(H,33,41)(H,34,35,40). The number of methoxy groups -OCH3 is 1. The number of pyridine rings is 1. The second-order valence-corrected chi connectivity index (χ2v) is 10.4. The zero-order valence-corrected chi connectivity index (χ0v) is 24.5. The molecular formula is C32H38N6O5. The number of hydrogen-bond acceptors (Lipinski definition) is 8. The summed E-state index contributed by atoms with van der Waals surface area (Å²) in [5.74, 6) is 0.845. The van der Waals surface area contributed by atoms with Crippen LogP contribution in [-0.4, -0.2) is 91.2 Å². The zero-order chi connectivity index (χ0) is 30.2. The highest BCUT2D eigenvalue weighted by Crippen LogP contribution is 2.30. The minimum atomic E-state index is -0.275. The lowest BCUT2D eigenvalue weighted by molar-refractivity contribution is 0.0755. The molecule has 0 unspecified atom stereocenters. The molecular weight excluding hydrogens is 548 g/mol. The quantitative estimate of drug-likeness (QED) is 0.240. The first-order valence-electron chi connectivity index (χ1n) is 14.5. The molecule has 0 aliphatic carbocycles. The van der Waals surface area contributed by atoms with E-state index in [1.807, 2.05) is 36.4 Å². The van der Waals surface area contributed by atoms with Gasteiger partial charge in [-0.1, -0.05) is 0 Å². The normalized spacial score (nSPS) is 14.0. The summed E-state index contributed by atoms with van der Waals surface area (Å²) >= 11 is 0. The third-order valence-corrected chi connectivity index (χ3v) is 7.58. The molecule has 0 spiro atoms. The highest BCUT2D eigenvalue weighted by Gasteiger charge is 2.17. The summed E-state index contributed by atoms with van der Waals surface area (Å²) in [6.45, 7) is 4.16. The monoisotopic (exact) mass is 586 g/mol. The third kappa shape index (κ3) is 7.50. The summed E-state index contributed by atoms with van der Waals surface area (Å²) in [5, 5.41) is 16.1. The molecule has 2 aromatic heterocycles. The number of benzene rings is 2. The Hall–Kier alpha value is -4.45. The molecule has 1 saturated heterocycles. The fraction of sp³-hybridized carbons (Fsp3) is 0.344. The van der Waals surface area contributed by atoms with Gasteiger partial charge in [0.05, 0.1) is 18.2 Å². The second kappa shape index (κ2) is 14.1. The number of piperidine rings is 1. The number of aliphatic hydroxyl groups is 1.